The summed E-state index contributed by atoms with van der Waals surface area (Å²) in [6.45, 7) is 4.99. The van der Waals surface area contributed by atoms with Crippen LogP contribution in [0.3, 0.4) is 0 Å². The smallest absolute Gasteiger partial charge is 0.221 e. The van der Waals surface area contributed by atoms with Crippen molar-refractivity contribution in [3.8, 4) is 0 Å². The van der Waals surface area contributed by atoms with Crippen molar-refractivity contribution in [1.82, 2.24) is 5.32 Å². The maximum atomic E-state index is 10.9. The van der Waals surface area contributed by atoms with Crippen molar-refractivity contribution in [3.63, 3.8) is 0 Å². The van der Waals surface area contributed by atoms with Gasteiger partial charge in [0.25, 0.3) is 0 Å². The Morgan fingerprint density at radius 3 is 2.61 bits per heavy atom. The minimum atomic E-state index is -0.343. The molecule has 0 fully saturated rings. The van der Waals surface area contributed by atoms with Gasteiger partial charge in [0, 0.05) is 29.8 Å². The number of carbonyl (C=O) groups is 1. The molecule has 1 amide bonds. The topological polar surface area (TPSA) is 61.4 Å². The minimum absolute atomic E-state index is 0.0727. The number of hydrogen-bond acceptors (Lipinski definition) is 4. The third-order valence-corrected chi connectivity index (χ3v) is 3.40. The summed E-state index contributed by atoms with van der Waals surface area (Å²) in [5.74, 6) is 0.586. The first kappa shape index (κ1) is 15.0. The second-order valence-electron chi connectivity index (χ2n) is 3.98. The van der Waals surface area contributed by atoms with Gasteiger partial charge in [-0.05, 0) is 30.8 Å². The average molecular weight is 268 g/mol. The van der Waals surface area contributed by atoms with Crippen LogP contribution in [0.1, 0.15) is 13.8 Å². The normalized spacial score (nSPS) is 12.2. The van der Waals surface area contributed by atoms with Crippen LogP contribution in [-0.2, 0) is 4.79 Å². The molecule has 0 heterocycles. The molecule has 0 saturated heterocycles. The SMILES string of the molecule is CCNCC(O)CSc1ccc(NC(C)=O)cc1. The minimum Gasteiger partial charge on any atom is -0.391 e. The Labute approximate surface area is 112 Å². The van der Waals surface area contributed by atoms with Gasteiger partial charge in [-0.25, -0.2) is 0 Å². The Kier molecular flexibility index (Phi) is 6.78. The lowest BCUT2D eigenvalue weighted by Crippen LogP contribution is -2.28. The Bertz CT molecular complexity index is 368. The maximum Gasteiger partial charge on any atom is 0.221 e. The van der Waals surface area contributed by atoms with Crippen molar-refractivity contribution >= 4 is 23.4 Å². The third-order valence-electron chi connectivity index (χ3n) is 2.25. The number of aliphatic hydroxyl groups excluding tert-OH is 1. The highest BCUT2D eigenvalue weighted by molar-refractivity contribution is 7.99. The van der Waals surface area contributed by atoms with Crippen LogP contribution in [0.25, 0.3) is 0 Å². The molecule has 3 N–H and O–H groups in total. The highest BCUT2D eigenvalue weighted by Crippen LogP contribution is 2.20. The summed E-state index contributed by atoms with van der Waals surface area (Å²) < 4.78 is 0. The standard InChI is InChI=1S/C13H20N2O2S/c1-3-14-8-12(17)9-18-13-6-4-11(5-7-13)15-10(2)16/h4-7,12,14,17H,3,8-9H2,1-2H3,(H,15,16). The Balaban J connectivity index is 2.36. The lowest BCUT2D eigenvalue weighted by molar-refractivity contribution is -0.114. The molecule has 0 aliphatic rings. The molecule has 100 valence electrons. The fourth-order valence-electron chi connectivity index (χ4n) is 1.40. The van der Waals surface area contributed by atoms with Gasteiger partial charge < -0.3 is 15.7 Å². The van der Waals surface area contributed by atoms with Crippen molar-refractivity contribution < 1.29 is 9.90 Å². The fraction of sp³-hybridized carbons (Fsp3) is 0.462. The van der Waals surface area contributed by atoms with E-state index in [-0.39, 0.29) is 12.0 Å². The molecule has 18 heavy (non-hydrogen) atoms. The summed E-state index contributed by atoms with van der Waals surface area (Å²) in [4.78, 5) is 11.9. The molecule has 0 saturated carbocycles. The summed E-state index contributed by atoms with van der Waals surface area (Å²) in [7, 11) is 0. The fourth-order valence-corrected chi connectivity index (χ4v) is 2.23. The van der Waals surface area contributed by atoms with E-state index in [0.29, 0.717) is 12.3 Å². The molecule has 1 rings (SSSR count). The predicted octanol–water partition coefficient (Wildman–Crippen LogP) is 1.71. The monoisotopic (exact) mass is 268 g/mol. The van der Waals surface area contributed by atoms with E-state index in [1.54, 1.807) is 11.8 Å². The van der Waals surface area contributed by atoms with Gasteiger partial charge in [0.15, 0.2) is 0 Å². The number of amides is 1. The van der Waals surface area contributed by atoms with Crippen molar-refractivity contribution in [2.24, 2.45) is 0 Å². The Morgan fingerprint density at radius 2 is 2.06 bits per heavy atom. The summed E-state index contributed by atoms with van der Waals surface area (Å²) in [5, 5.41) is 15.5. The molecular weight excluding hydrogens is 248 g/mol. The third kappa shape index (κ3) is 6.05. The van der Waals surface area contributed by atoms with E-state index in [4.69, 9.17) is 0 Å². The van der Waals surface area contributed by atoms with Gasteiger partial charge >= 0.3 is 0 Å². The molecule has 0 aliphatic heterocycles. The largest absolute Gasteiger partial charge is 0.391 e. The van der Waals surface area contributed by atoms with Gasteiger partial charge in [-0.2, -0.15) is 0 Å². The van der Waals surface area contributed by atoms with Crippen LogP contribution in [0.2, 0.25) is 0 Å². The highest BCUT2D eigenvalue weighted by atomic mass is 32.2. The van der Waals surface area contributed by atoms with Gasteiger partial charge in [-0.1, -0.05) is 6.92 Å². The summed E-state index contributed by atoms with van der Waals surface area (Å²) in [6, 6.07) is 7.60. The lowest BCUT2D eigenvalue weighted by Gasteiger charge is -2.10. The summed E-state index contributed by atoms with van der Waals surface area (Å²) >= 11 is 1.60. The first-order chi connectivity index (χ1) is 8.61. The number of anilines is 1. The predicted molar refractivity (Wildman–Crippen MR) is 76.0 cm³/mol. The second-order valence-corrected chi connectivity index (χ2v) is 5.07. The number of nitrogens with one attached hydrogen (secondary N) is 2. The van der Waals surface area contributed by atoms with E-state index < -0.39 is 0 Å². The zero-order valence-corrected chi connectivity index (χ0v) is 11.6. The number of aliphatic hydroxyl groups is 1. The zero-order chi connectivity index (χ0) is 13.4. The summed E-state index contributed by atoms with van der Waals surface area (Å²) in [6.07, 6.45) is -0.343. The van der Waals surface area contributed by atoms with E-state index >= 15 is 0 Å². The van der Waals surface area contributed by atoms with Crippen molar-refractivity contribution in [2.45, 2.75) is 24.8 Å². The van der Waals surface area contributed by atoms with E-state index in [0.717, 1.165) is 17.1 Å². The molecule has 1 unspecified atom stereocenters. The van der Waals surface area contributed by atoms with Crippen molar-refractivity contribution in [1.29, 1.82) is 0 Å². The molecule has 0 aromatic heterocycles. The van der Waals surface area contributed by atoms with E-state index in [1.165, 1.54) is 6.92 Å². The van der Waals surface area contributed by atoms with E-state index in [2.05, 4.69) is 10.6 Å². The molecule has 5 heteroatoms. The van der Waals surface area contributed by atoms with E-state index in [1.807, 2.05) is 31.2 Å². The van der Waals surface area contributed by atoms with Crippen LogP contribution in [0.15, 0.2) is 29.2 Å². The second kappa shape index (κ2) is 8.13. The van der Waals surface area contributed by atoms with Crippen LogP contribution in [0, 0.1) is 0 Å². The molecule has 1 aromatic carbocycles. The molecular formula is C13H20N2O2S. The Morgan fingerprint density at radius 1 is 1.39 bits per heavy atom. The van der Waals surface area contributed by atoms with Crippen molar-refractivity contribution in [2.75, 3.05) is 24.2 Å². The molecule has 1 atom stereocenters. The first-order valence-electron chi connectivity index (χ1n) is 6.01. The summed E-state index contributed by atoms with van der Waals surface area (Å²) in [5.41, 5.74) is 0.792. The number of carbonyl (C=O) groups excluding carboxylic acids is 1. The van der Waals surface area contributed by atoms with Crippen LogP contribution >= 0.6 is 11.8 Å². The van der Waals surface area contributed by atoms with Crippen LogP contribution in [-0.4, -0.2) is 36.0 Å². The van der Waals surface area contributed by atoms with Gasteiger partial charge in [0.05, 0.1) is 6.10 Å². The Hall–Kier alpha value is -1.04. The number of hydrogen-bond donors (Lipinski definition) is 3. The lowest BCUT2D eigenvalue weighted by atomic mass is 10.3. The molecule has 0 spiro atoms. The number of benzene rings is 1. The van der Waals surface area contributed by atoms with Crippen LogP contribution in [0.4, 0.5) is 5.69 Å². The highest BCUT2D eigenvalue weighted by Gasteiger charge is 2.04. The molecule has 0 bridgehead atoms. The van der Waals surface area contributed by atoms with Gasteiger partial charge in [0.2, 0.25) is 5.91 Å². The number of rotatable bonds is 7. The van der Waals surface area contributed by atoms with Crippen LogP contribution < -0.4 is 10.6 Å². The molecule has 4 nitrogen and oxygen atoms in total. The van der Waals surface area contributed by atoms with Gasteiger partial charge in [-0.3, -0.25) is 4.79 Å². The van der Waals surface area contributed by atoms with E-state index in [9.17, 15) is 9.90 Å². The first-order valence-corrected chi connectivity index (χ1v) is 6.99. The molecule has 0 aliphatic carbocycles. The quantitative estimate of drug-likeness (QED) is 0.659. The zero-order valence-electron chi connectivity index (χ0n) is 10.8. The van der Waals surface area contributed by atoms with Crippen molar-refractivity contribution in [3.05, 3.63) is 24.3 Å². The van der Waals surface area contributed by atoms with Gasteiger partial charge in [0.1, 0.15) is 0 Å². The van der Waals surface area contributed by atoms with Gasteiger partial charge in [-0.15, -0.1) is 11.8 Å². The molecule has 1 aromatic rings. The average Bonchev–Trinajstić information content (AvgIpc) is 2.35. The molecule has 0 radical (unpaired) electrons. The number of thioether (sulfide) groups is 1. The van der Waals surface area contributed by atoms with Crippen LogP contribution in [0.5, 0.6) is 0 Å². The number of likely N-dealkylation sites (N-methyl/N-ethyl adjacent to an activating group) is 1. The maximum absolute atomic E-state index is 10.9.